The van der Waals surface area contributed by atoms with E-state index in [0.29, 0.717) is 6.42 Å². The van der Waals surface area contributed by atoms with E-state index in [1.54, 1.807) is 7.11 Å². The molecular formula is C21H30O7. The highest BCUT2D eigenvalue weighted by atomic mass is 16.8. The van der Waals surface area contributed by atoms with Crippen molar-refractivity contribution in [3.63, 3.8) is 0 Å². The van der Waals surface area contributed by atoms with Crippen molar-refractivity contribution in [3.05, 3.63) is 0 Å². The molecule has 28 heavy (non-hydrogen) atoms. The summed E-state index contributed by atoms with van der Waals surface area (Å²) in [5, 5.41) is 34.7. The van der Waals surface area contributed by atoms with Gasteiger partial charge in [-0.25, -0.2) is 0 Å². The highest BCUT2D eigenvalue weighted by Crippen LogP contribution is 2.81. The second-order valence-corrected chi connectivity index (χ2v) is 10.8. The number of rotatable bonds is 2. The average Bonchev–Trinajstić information content (AvgIpc) is 2.78. The van der Waals surface area contributed by atoms with E-state index >= 15 is 0 Å². The predicted molar refractivity (Wildman–Crippen MR) is 94.7 cm³/mol. The van der Waals surface area contributed by atoms with Crippen LogP contribution in [-0.4, -0.2) is 65.2 Å². The molecule has 7 bridgehead atoms. The molecule has 4 heterocycles. The lowest BCUT2D eigenvalue weighted by Gasteiger charge is -2.79. The van der Waals surface area contributed by atoms with Crippen molar-refractivity contribution < 1.29 is 34.3 Å². The Morgan fingerprint density at radius 2 is 1.96 bits per heavy atom. The first-order chi connectivity index (χ1) is 13.2. The molecule has 7 heteroatoms. The summed E-state index contributed by atoms with van der Waals surface area (Å²) in [4.78, 5) is 13.9. The van der Waals surface area contributed by atoms with Crippen LogP contribution in [0.2, 0.25) is 0 Å². The summed E-state index contributed by atoms with van der Waals surface area (Å²) in [6.45, 7) is 4.44. The first-order valence-corrected chi connectivity index (χ1v) is 10.6. The van der Waals surface area contributed by atoms with Crippen molar-refractivity contribution in [2.45, 2.75) is 69.9 Å². The van der Waals surface area contributed by atoms with Gasteiger partial charge in [0.15, 0.2) is 12.1 Å². The lowest BCUT2D eigenvalue weighted by Crippen LogP contribution is -2.91. The molecular weight excluding hydrogens is 364 g/mol. The van der Waals surface area contributed by atoms with E-state index in [-0.39, 0.29) is 29.6 Å². The van der Waals surface area contributed by atoms with Crippen molar-refractivity contribution in [2.75, 3.05) is 13.7 Å². The molecule has 0 aromatic heterocycles. The molecule has 0 aromatic rings. The first kappa shape index (κ1) is 18.2. The Morgan fingerprint density at radius 1 is 1.21 bits per heavy atom. The van der Waals surface area contributed by atoms with Gasteiger partial charge < -0.3 is 29.5 Å². The van der Waals surface area contributed by atoms with Crippen molar-refractivity contribution in [2.24, 2.45) is 39.9 Å². The lowest BCUT2D eigenvalue weighted by molar-refractivity contribution is -0.554. The van der Waals surface area contributed by atoms with E-state index in [1.165, 1.54) is 0 Å². The van der Waals surface area contributed by atoms with Crippen LogP contribution in [0.5, 0.6) is 0 Å². The lowest BCUT2D eigenvalue weighted by atomic mass is 9.34. The molecule has 4 aliphatic carbocycles. The van der Waals surface area contributed by atoms with Crippen molar-refractivity contribution in [1.29, 1.82) is 0 Å². The van der Waals surface area contributed by atoms with Gasteiger partial charge in [0.05, 0.1) is 18.8 Å². The van der Waals surface area contributed by atoms with Crippen LogP contribution in [0.25, 0.3) is 0 Å². The molecule has 0 unspecified atom stereocenters. The zero-order chi connectivity index (χ0) is 19.9. The Bertz CT molecular complexity index is 753. The van der Waals surface area contributed by atoms with Gasteiger partial charge in [-0.1, -0.05) is 20.3 Å². The number of carbonyl (C=O) groups is 1. The van der Waals surface area contributed by atoms with Crippen LogP contribution in [0, 0.1) is 39.9 Å². The predicted octanol–water partition coefficient (Wildman–Crippen LogP) is 0.446. The molecule has 8 rings (SSSR count). The molecule has 7 nitrogen and oxygen atoms in total. The summed E-state index contributed by atoms with van der Waals surface area (Å²) in [6, 6.07) is 0. The van der Waals surface area contributed by atoms with Gasteiger partial charge in [-0.05, 0) is 24.7 Å². The minimum atomic E-state index is -2.02. The van der Waals surface area contributed by atoms with Crippen LogP contribution >= 0.6 is 0 Å². The monoisotopic (exact) mass is 394 g/mol. The molecule has 3 N–H and O–H groups in total. The van der Waals surface area contributed by atoms with Gasteiger partial charge in [0.25, 0.3) is 0 Å². The number of Topliss-reactive ketones (excluding diaryl/α,β-unsaturated/α-hetero) is 1. The number of aliphatic hydroxyl groups excluding tert-OH is 2. The fourth-order valence-corrected chi connectivity index (χ4v) is 9.07. The summed E-state index contributed by atoms with van der Waals surface area (Å²) in [6.07, 6.45) is -0.122. The SMILES string of the molecule is COC[C@H]1C(=O)[C@@]23[C@H]4O[C@@H]5O[C@@]2(O)[C@@H](O)[C@@H]2C(C)(C)CCC[C@]52[C@@H]3[C@H](O)C[C@@H]14. The molecule has 4 saturated carbocycles. The highest BCUT2D eigenvalue weighted by molar-refractivity contribution is 5.94. The molecule has 0 radical (unpaired) electrons. The Hall–Kier alpha value is -0.570. The van der Waals surface area contributed by atoms with Gasteiger partial charge in [0.1, 0.15) is 11.5 Å². The summed E-state index contributed by atoms with van der Waals surface area (Å²) in [7, 11) is 1.55. The van der Waals surface area contributed by atoms with Crippen LogP contribution in [0.3, 0.4) is 0 Å². The number of aliphatic hydroxyl groups is 3. The van der Waals surface area contributed by atoms with E-state index in [4.69, 9.17) is 14.2 Å². The molecule has 4 saturated heterocycles. The molecule has 8 fully saturated rings. The number of hydrogen-bond donors (Lipinski definition) is 3. The third kappa shape index (κ3) is 1.50. The zero-order valence-corrected chi connectivity index (χ0v) is 16.6. The van der Waals surface area contributed by atoms with E-state index in [9.17, 15) is 20.1 Å². The van der Waals surface area contributed by atoms with Gasteiger partial charge in [-0.15, -0.1) is 0 Å². The summed E-state index contributed by atoms with van der Waals surface area (Å²) in [5.74, 6) is -3.62. The summed E-state index contributed by atoms with van der Waals surface area (Å²) < 4.78 is 17.8. The maximum absolute atomic E-state index is 13.9. The second kappa shape index (κ2) is 5.01. The number of ether oxygens (including phenoxy) is 3. The van der Waals surface area contributed by atoms with Crippen molar-refractivity contribution in [1.82, 2.24) is 0 Å². The third-order valence-electron chi connectivity index (χ3n) is 9.57. The fourth-order valence-electron chi connectivity index (χ4n) is 9.07. The summed E-state index contributed by atoms with van der Waals surface area (Å²) >= 11 is 0. The van der Waals surface area contributed by atoms with Gasteiger partial charge in [-0.2, -0.15) is 0 Å². The number of hydrogen-bond acceptors (Lipinski definition) is 7. The van der Waals surface area contributed by atoms with Crippen LogP contribution < -0.4 is 0 Å². The maximum atomic E-state index is 13.9. The molecule has 2 spiro atoms. The Kier molecular flexibility index (Phi) is 3.26. The maximum Gasteiger partial charge on any atom is 0.210 e. The van der Waals surface area contributed by atoms with Crippen LogP contribution in [0.15, 0.2) is 0 Å². The Morgan fingerprint density at radius 3 is 2.68 bits per heavy atom. The fraction of sp³-hybridized carbons (Fsp3) is 0.952. The van der Waals surface area contributed by atoms with Gasteiger partial charge in [0, 0.05) is 36.2 Å². The summed E-state index contributed by atoms with van der Waals surface area (Å²) in [5.41, 5.74) is -2.34. The minimum Gasteiger partial charge on any atom is -0.393 e. The zero-order valence-electron chi connectivity index (χ0n) is 16.6. The average molecular weight is 394 g/mol. The quantitative estimate of drug-likeness (QED) is 0.624. The van der Waals surface area contributed by atoms with Gasteiger partial charge in [-0.3, -0.25) is 4.79 Å². The largest absolute Gasteiger partial charge is 0.393 e. The molecule has 4 aliphatic heterocycles. The minimum absolute atomic E-state index is 0.160. The van der Waals surface area contributed by atoms with Crippen LogP contribution in [0.4, 0.5) is 0 Å². The van der Waals surface area contributed by atoms with Gasteiger partial charge in [0.2, 0.25) is 5.79 Å². The van der Waals surface area contributed by atoms with E-state index in [2.05, 4.69) is 13.8 Å². The smallest absolute Gasteiger partial charge is 0.210 e. The number of methoxy groups -OCH3 is 1. The normalized spacial score (nSPS) is 62.9. The van der Waals surface area contributed by atoms with Crippen molar-refractivity contribution in [3.8, 4) is 0 Å². The molecule has 0 amide bonds. The first-order valence-electron chi connectivity index (χ1n) is 10.6. The van der Waals surface area contributed by atoms with Crippen molar-refractivity contribution >= 4 is 5.78 Å². The Balaban J connectivity index is 1.63. The standard InChI is InChI=1S/C21H30O7/c1-18(2)5-4-6-19-12-11(22)7-9-10(8-26-3)14(23)20(12)16(9)27-17(19)28-21(20,25)15(24)13(18)19/h9-13,15-17,22,24-25H,4-8H2,1-3H3/t9-,10+,11+,12-,13+,15-,16-,17+,19+,20-,21-/m0/s1. The highest BCUT2D eigenvalue weighted by Gasteiger charge is 2.93. The van der Waals surface area contributed by atoms with E-state index < -0.39 is 53.1 Å². The van der Waals surface area contributed by atoms with E-state index in [0.717, 1.165) is 19.3 Å². The number of ketones is 1. The second-order valence-electron chi connectivity index (χ2n) is 10.8. The molecule has 156 valence electrons. The van der Waals surface area contributed by atoms with E-state index in [1.807, 2.05) is 0 Å². The third-order valence-corrected chi connectivity index (χ3v) is 9.57. The van der Waals surface area contributed by atoms with Crippen LogP contribution in [0.1, 0.15) is 39.5 Å². The topological polar surface area (TPSA) is 105 Å². The number of carbonyl (C=O) groups excluding carboxylic acids is 1. The molecule has 0 aromatic carbocycles. The van der Waals surface area contributed by atoms with Crippen LogP contribution in [-0.2, 0) is 19.0 Å². The molecule has 8 aliphatic rings. The molecule has 11 atom stereocenters. The Labute approximate surface area is 164 Å². The van der Waals surface area contributed by atoms with Gasteiger partial charge >= 0.3 is 0 Å².